The molecular weight excluding hydrogens is 290 g/mol. The highest BCUT2D eigenvalue weighted by Gasteiger charge is 2.30. The largest absolute Gasteiger partial charge is 0.333 e. The van der Waals surface area contributed by atoms with E-state index in [0.717, 1.165) is 23.4 Å². The van der Waals surface area contributed by atoms with Crippen molar-refractivity contribution in [1.29, 1.82) is 0 Å². The number of amides is 2. The molecule has 1 aliphatic heterocycles. The number of nitrogens with zero attached hydrogens (tertiary/aromatic N) is 1. The summed E-state index contributed by atoms with van der Waals surface area (Å²) in [6.45, 7) is 5.99. The minimum atomic E-state index is -0.165. The van der Waals surface area contributed by atoms with E-state index >= 15 is 0 Å². The van der Waals surface area contributed by atoms with Crippen LogP contribution in [0.5, 0.6) is 0 Å². The fraction of sp³-hybridized carbons (Fsp3) is 0.333. The lowest BCUT2D eigenvalue weighted by molar-refractivity contribution is 0.244. The van der Waals surface area contributed by atoms with Crippen molar-refractivity contribution < 1.29 is 4.79 Å². The third kappa shape index (κ3) is 2.86. The molecule has 0 bridgehead atoms. The van der Waals surface area contributed by atoms with Crippen LogP contribution in [0.3, 0.4) is 0 Å². The van der Waals surface area contributed by atoms with Crippen LogP contribution in [0.2, 0.25) is 0 Å². The highest BCUT2D eigenvalue weighted by molar-refractivity contribution is 5.94. The highest BCUT2D eigenvalue weighted by Crippen LogP contribution is 2.31. The summed E-state index contributed by atoms with van der Waals surface area (Å²) in [7, 11) is 0. The lowest BCUT2D eigenvalue weighted by atomic mass is 10.1. The van der Waals surface area contributed by atoms with Gasteiger partial charge in [0.15, 0.2) is 0 Å². The summed E-state index contributed by atoms with van der Waals surface area (Å²) in [5, 5.41) is 2.88. The summed E-state index contributed by atoms with van der Waals surface area (Å²) in [6.07, 6.45) is 0.855. The molecule has 2 aromatic rings. The van der Waals surface area contributed by atoms with Gasteiger partial charge in [-0.15, -0.1) is 0 Å². The van der Waals surface area contributed by atoms with E-state index in [-0.39, 0.29) is 24.2 Å². The topological polar surface area (TPSA) is 65.2 Å². The van der Waals surface area contributed by atoms with Gasteiger partial charge in [0.05, 0.1) is 6.54 Å². The van der Waals surface area contributed by atoms with Gasteiger partial charge >= 0.3 is 6.03 Å². The van der Waals surface area contributed by atoms with Crippen LogP contribution in [0, 0.1) is 13.8 Å². The lowest BCUT2D eigenvalue weighted by Gasteiger charge is -2.23. The van der Waals surface area contributed by atoms with Crippen molar-refractivity contribution in [3.05, 3.63) is 63.1 Å². The van der Waals surface area contributed by atoms with Crippen LogP contribution < -0.4 is 15.8 Å². The van der Waals surface area contributed by atoms with Crippen molar-refractivity contribution in [2.45, 2.75) is 39.8 Å². The number of nitrogens with one attached hydrogen (secondary N) is 2. The first-order valence-electron chi connectivity index (χ1n) is 7.81. The molecule has 0 saturated heterocycles. The summed E-state index contributed by atoms with van der Waals surface area (Å²) in [6, 6.07) is 9.80. The molecule has 5 heteroatoms. The van der Waals surface area contributed by atoms with Gasteiger partial charge in [0.2, 0.25) is 0 Å². The maximum Gasteiger partial charge on any atom is 0.322 e. The molecule has 0 radical (unpaired) electrons. The number of aryl methyl sites for hydroxylation is 2. The monoisotopic (exact) mass is 311 g/mol. The summed E-state index contributed by atoms with van der Waals surface area (Å²) in [4.78, 5) is 29.2. The SMILES string of the molecule is Cc1cc(C)c(CNC(=O)N2c3ccccc3CC2C)c(=O)[nH]1. The molecule has 1 unspecified atom stereocenters. The molecule has 1 aromatic carbocycles. The maximum atomic E-state index is 12.6. The Labute approximate surface area is 135 Å². The van der Waals surface area contributed by atoms with Crippen LogP contribution >= 0.6 is 0 Å². The molecule has 0 fully saturated rings. The van der Waals surface area contributed by atoms with Crippen molar-refractivity contribution in [3.63, 3.8) is 0 Å². The summed E-state index contributed by atoms with van der Waals surface area (Å²) in [5.74, 6) is 0. The Hall–Kier alpha value is -2.56. The van der Waals surface area contributed by atoms with Crippen LogP contribution in [-0.4, -0.2) is 17.1 Å². The predicted octanol–water partition coefficient (Wildman–Crippen LogP) is 2.65. The van der Waals surface area contributed by atoms with E-state index in [1.807, 2.05) is 51.1 Å². The smallest absolute Gasteiger partial charge is 0.322 e. The number of H-pyrrole nitrogens is 1. The van der Waals surface area contributed by atoms with Gasteiger partial charge in [-0.1, -0.05) is 18.2 Å². The standard InChI is InChI=1S/C18H21N3O2/c1-11-8-12(2)20-17(22)15(11)10-19-18(23)21-13(3)9-14-6-4-5-7-16(14)21/h4-8,13H,9-10H2,1-3H3,(H,19,23)(H,20,22). The molecule has 1 aliphatic rings. The molecule has 3 rings (SSSR count). The van der Waals surface area contributed by atoms with Gasteiger partial charge in [0.25, 0.3) is 5.56 Å². The number of pyridine rings is 1. The Morgan fingerprint density at radius 2 is 2.09 bits per heavy atom. The number of aromatic amines is 1. The van der Waals surface area contributed by atoms with Gasteiger partial charge in [-0.3, -0.25) is 9.69 Å². The van der Waals surface area contributed by atoms with Gasteiger partial charge in [0, 0.05) is 23.0 Å². The number of carbonyl (C=O) groups excluding carboxylic acids is 1. The minimum absolute atomic E-state index is 0.116. The fourth-order valence-electron chi connectivity index (χ4n) is 3.23. The number of hydrogen-bond donors (Lipinski definition) is 2. The first kappa shape index (κ1) is 15.3. The van der Waals surface area contributed by atoms with E-state index in [1.54, 1.807) is 4.90 Å². The zero-order valence-corrected chi connectivity index (χ0v) is 13.6. The number of rotatable bonds is 2. The fourth-order valence-corrected chi connectivity index (χ4v) is 3.23. The zero-order valence-electron chi connectivity index (χ0n) is 13.6. The van der Waals surface area contributed by atoms with Gasteiger partial charge in [0.1, 0.15) is 0 Å². The molecule has 0 aliphatic carbocycles. The quantitative estimate of drug-likeness (QED) is 0.895. The van der Waals surface area contributed by atoms with E-state index in [0.29, 0.717) is 5.56 Å². The molecule has 0 spiro atoms. The van der Waals surface area contributed by atoms with Crippen LogP contribution in [0.25, 0.3) is 0 Å². The van der Waals surface area contributed by atoms with Crippen LogP contribution in [0.15, 0.2) is 35.1 Å². The van der Waals surface area contributed by atoms with E-state index < -0.39 is 0 Å². The number of carbonyl (C=O) groups is 1. The molecule has 2 heterocycles. The van der Waals surface area contributed by atoms with Gasteiger partial charge in [-0.2, -0.15) is 0 Å². The normalized spacial score (nSPS) is 16.3. The van der Waals surface area contributed by atoms with Crippen LogP contribution in [-0.2, 0) is 13.0 Å². The average molecular weight is 311 g/mol. The Bertz CT molecular complexity index is 810. The number of anilines is 1. The molecule has 0 saturated carbocycles. The Balaban J connectivity index is 1.77. The average Bonchev–Trinajstić information content (AvgIpc) is 2.81. The van der Waals surface area contributed by atoms with Gasteiger partial charge in [-0.05, 0) is 50.5 Å². The van der Waals surface area contributed by atoms with E-state index in [9.17, 15) is 9.59 Å². The number of urea groups is 1. The van der Waals surface area contributed by atoms with Gasteiger partial charge < -0.3 is 10.3 Å². The molecule has 23 heavy (non-hydrogen) atoms. The zero-order chi connectivity index (χ0) is 16.6. The Kier molecular flexibility index (Phi) is 3.94. The van der Waals surface area contributed by atoms with Crippen molar-refractivity contribution in [3.8, 4) is 0 Å². The highest BCUT2D eigenvalue weighted by atomic mass is 16.2. The first-order valence-corrected chi connectivity index (χ1v) is 7.81. The van der Waals surface area contributed by atoms with Crippen molar-refractivity contribution in [2.24, 2.45) is 0 Å². The van der Waals surface area contributed by atoms with E-state index in [1.165, 1.54) is 5.56 Å². The van der Waals surface area contributed by atoms with Crippen molar-refractivity contribution in [2.75, 3.05) is 4.90 Å². The minimum Gasteiger partial charge on any atom is -0.333 e. The number of hydrogen-bond acceptors (Lipinski definition) is 2. The molecule has 2 N–H and O–H groups in total. The van der Waals surface area contributed by atoms with Crippen molar-refractivity contribution in [1.82, 2.24) is 10.3 Å². The van der Waals surface area contributed by atoms with Crippen molar-refractivity contribution >= 4 is 11.7 Å². The Morgan fingerprint density at radius 3 is 2.83 bits per heavy atom. The third-order valence-corrected chi connectivity index (χ3v) is 4.34. The van der Waals surface area contributed by atoms with Gasteiger partial charge in [-0.25, -0.2) is 4.79 Å². The summed E-state index contributed by atoms with van der Waals surface area (Å²) in [5.41, 5.74) is 4.30. The number of aromatic nitrogens is 1. The second kappa shape index (κ2) is 5.91. The summed E-state index contributed by atoms with van der Waals surface area (Å²) >= 11 is 0. The Morgan fingerprint density at radius 1 is 1.35 bits per heavy atom. The number of para-hydroxylation sites is 1. The second-order valence-electron chi connectivity index (χ2n) is 6.15. The van der Waals surface area contributed by atoms with Crippen LogP contribution in [0.4, 0.5) is 10.5 Å². The van der Waals surface area contributed by atoms with E-state index in [4.69, 9.17) is 0 Å². The second-order valence-corrected chi connectivity index (χ2v) is 6.15. The molecule has 120 valence electrons. The van der Waals surface area contributed by atoms with Crippen LogP contribution in [0.1, 0.15) is 29.3 Å². The molecular formula is C18H21N3O2. The summed E-state index contributed by atoms with van der Waals surface area (Å²) < 4.78 is 0. The van der Waals surface area contributed by atoms with E-state index in [2.05, 4.69) is 10.3 Å². The lowest BCUT2D eigenvalue weighted by Crippen LogP contribution is -2.43. The molecule has 1 atom stereocenters. The number of benzene rings is 1. The molecule has 5 nitrogen and oxygen atoms in total. The first-order chi connectivity index (χ1) is 11.0. The number of fused-ring (bicyclic) bond motifs is 1. The maximum absolute atomic E-state index is 12.6. The molecule has 1 aromatic heterocycles. The molecule has 2 amide bonds. The predicted molar refractivity (Wildman–Crippen MR) is 90.9 cm³/mol. The third-order valence-electron chi connectivity index (χ3n) is 4.34.